The molecule has 6 nitrogen and oxygen atoms in total. The molecule has 0 aliphatic rings. The van der Waals surface area contributed by atoms with E-state index in [-0.39, 0.29) is 18.2 Å². The second-order valence-electron chi connectivity index (χ2n) is 6.33. The van der Waals surface area contributed by atoms with E-state index in [1.807, 2.05) is 50.2 Å². The van der Waals surface area contributed by atoms with Crippen molar-refractivity contribution in [3.63, 3.8) is 0 Å². The van der Waals surface area contributed by atoms with Gasteiger partial charge < -0.3 is 19.3 Å². The zero-order chi connectivity index (χ0) is 19.4. The molecule has 6 heteroatoms. The van der Waals surface area contributed by atoms with Crippen LogP contribution in [-0.2, 0) is 6.61 Å². The molecule has 2 aromatic carbocycles. The van der Waals surface area contributed by atoms with Gasteiger partial charge in [-0.15, -0.1) is 0 Å². The van der Waals surface area contributed by atoms with Crippen molar-refractivity contribution in [3.05, 3.63) is 70.6 Å². The van der Waals surface area contributed by atoms with Gasteiger partial charge in [0.1, 0.15) is 23.9 Å². The molecule has 0 aliphatic carbocycles. The molecule has 0 unspecified atom stereocenters. The highest BCUT2D eigenvalue weighted by atomic mass is 16.5. The molecule has 1 N–H and O–H groups in total. The van der Waals surface area contributed by atoms with Gasteiger partial charge >= 0.3 is 0 Å². The molecule has 0 spiro atoms. The fourth-order valence-corrected chi connectivity index (χ4v) is 2.63. The molecule has 1 amide bonds. The summed E-state index contributed by atoms with van der Waals surface area (Å²) in [5.41, 5.74) is 3.54. The van der Waals surface area contributed by atoms with Crippen molar-refractivity contribution in [2.24, 2.45) is 0 Å². The van der Waals surface area contributed by atoms with Gasteiger partial charge in [-0.05, 0) is 50.6 Å². The monoisotopic (exact) mass is 366 g/mol. The lowest BCUT2D eigenvalue weighted by Gasteiger charge is -2.11. The highest BCUT2D eigenvalue weighted by Gasteiger charge is 2.21. The summed E-state index contributed by atoms with van der Waals surface area (Å²) in [4.78, 5) is 12.7. The van der Waals surface area contributed by atoms with Gasteiger partial charge in [0.2, 0.25) is 0 Å². The van der Waals surface area contributed by atoms with Gasteiger partial charge in [-0.1, -0.05) is 28.9 Å². The van der Waals surface area contributed by atoms with Crippen molar-refractivity contribution < 1.29 is 18.8 Å². The average Bonchev–Trinajstić information content (AvgIpc) is 3.02. The van der Waals surface area contributed by atoms with Crippen LogP contribution in [0.3, 0.4) is 0 Å². The Hall–Kier alpha value is -3.28. The SMILES string of the molecule is COc1ccc(C)cc1NC(=O)c1noc(C)c1COc1ccc(C)cc1. The third-order valence-electron chi connectivity index (χ3n) is 4.21. The van der Waals surface area contributed by atoms with Gasteiger partial charge in [-0.2, -0.15) is 0 Å². The number of carbonyl (C=O) groups is 1. The fraction of sp³-hybridized carbons (Fsp3) is 0.238. The van der Waals surface area contributed by atoms with Crippen LogP contribution in [0.5, 0.6) is 11.5 Å². The van der Waals surface area contributed by atoms with Crippen molar-refractivity contribution in [3.8, 4) is 11.5 Å². The fourth-order valence-electron chi connectivity index (χ4n) is 2.63. The molecule has 0 fully saturated rings. The summed E-state index contributed by atoms with van der Waals surface area (Å²) >= 11 is 0. The van der Waals surface area contributed by atoms with E-state index in [0.29, 0.717) is 28.5 Å². The van der Waals surface area contributed by atoms with Crippen LogP contribution in [-0.4, -0.2) is 18.2 Å². The molecule has 0 radical (unpaired) electrons. The van der Waals surface area contributed by atoms with Crippen LogP contribution in [0.2, 0.25) is 0 Å². The topological polar surface area (TPSA) is 73.6 Å². The number of ether oxygens (including phenoxy) is 2. The lowest BCUT2D eigenvalue weighted by atomic mass is 10.1. The van der Waals surface area contributed by atoms with Crippen LogP contribution >= 0.6 is 0 Å². The van der Waals surface area contributed by atoms with Gasteiger partial charge in [0.25, 0.3) is 5.91 Å². The molecule has 1 heterocycles. The molecular weight excluding hydrogens is 344 g/mol. The summed E-state index contributed by atoms with van der Waals surface area (Å²) in [6, 6.07) is 13.3. The van der Waals surface area contributed by atoms with Crippen LogP contribution in [0.1, 0.15) is 32.9 Å². The third kappa shape index (κ3) is 4.28. The predicted molar refractivity (Wildman–Crippen MR) is 102 cm³/mol. The normalized spacial score (nSPS) is 10.5. The van der Waals surface area contributed by atoms with E-state index >= 15 is 0 Å². The first-order valence-electron chi connectivity index (χ1n) is 8.58. The first kappa shape index (κ1) is 18.5. The van der Waals surface area contributed by atoms with Crippen molar-refractivity contribution in [2.45, 2.75) is 27.4 Å². The van der Waals surface area contributed by atoms with E-state index in [2.05, 4.69) is 10.5 Å². The molecule has 1 aromatic heterocycles. The van der Waals surface area contributed by atoms with Crippen LogP contribution in [0, 0.1) is 20.8 Å². The van der Waals surface area contributed by atoms with Crippen molar-refractivity contribution in [1.82, 2.24) is 5.16 Å². The quantitative estimate of drug-likeness (QED) is 0.698. The minimum Gasteiger partial charge on any atom is -0.495 e. The molecule has 0 bridgehead atoms. The molecule has 0 aliphatic heterocycles. The first-order chi connectivity index (χ1) is 13.0. The Balaban J connectivity index is 1.78. The van der Waals surface area contributed by atoms with Gasteiger partial charge in [0.15, 0.2) is 5.69 Å². The number of aromatic nitrogens is 1. The standard InChI is InChI=1S/C21H22N2O4/c1-13-5-8-16(9-6-13)26-12-17-15(3)27-23-20(17)21(24)22-18-11-14(2)7-10-19(18)25-4/h5-11H,12H2,1-4H3,(H,22,24). The number of amides is 1. The smallest absolute Gasteiger partial charge is 0.278 e. The third-order valence-corrected chi connectivity index (χ3v) is 4.21. The lowest BCUT2D eigenvalue weighted by molar-refractivity contribution is 0.101. The molecule has 3 aromatic rings. The van der Waals surface area contributed by atoms with Crippen molar-refractivity contribution in [1.29, 1.82) is 0 Å². The minimum atomic E-state index is -0.377. The predicted octanol–water partition coefficient (Wildman–Crippen LogP) is 4.44. The highest BCUT2D eigenvalue weighted by Crippen LogP contribution is 2.26. The number of methoxy groups -OCH3 is 1. The Labute approximate surface area is 158 Å². The average molecular weight is 366 g/mol. The van der Waals surface area contributed by atoms with Gasteiger partial charge in [0.05, 0.1) is 18.4 Å². The maximum atomic E-state index is 12.7. The highest BCUT2D eigenvalue weighted by molar-refractivity contribution is 6.04. The van der Waals surface area contributed by atoms with Crippen molar-refractivity contribution >= 4 is 11.6 Å². The van der Waals surface area contributed by atoms with Crippen LogP contribution in [0.4, 0.5) is 5.69 Å². The molecule has 0 saturated carbocycles. The number of nitrogens with one attached hydrogen (secondary N) is 1. The summed E-state index contributed by atoms with van der Waals surface area (Å²) in [5.74, 6) is 1.46. The molecule has 3 rings (SSSR count). The van der Waals surface area contributed by atoms with Crippen LogP contribution in [0.15, 0.2) is 47.0 Å². The Morgan fingerprint density at radius 2 is 1.78 bits per heavy atom. The summed E-state index contributed by atoms with van der Waals surface area (Å²) < 4.78 is 16.3. The number of nitrogens with zero attached hydrogens (tertiary/aromatic N) is 1. The Kier molecular flexibility index (Phi) is 5.45. The lowest BCUT2D eigenvalue weighted by Crippen LogP contribution is -2.16. The van der Waals surface area contributed by atoms with Crippen LogP contribution < -0.4 is 14.8 Å². The van der Waals surface area contributed by atoms with E-state index < -0.39 is 0 Å². The van der Waals surface area contributed by atoms with E-state index in [9.17, 15) is 4.79 Å². The zero-order valence-corrected chi connectivity index (χ0v) is 15.8. The van der Waals surface area contributed by atoms with E-state index in [4.69, 9.17) is 14.0 Å². The summed E-state index contributed by atoms with van der Waals surface area (Å²) in [7, 11) is 1.56. The zero-order valence-electron chi connectivity index (χ0n) is 15.8. The number of carbonyl (C=O) groups excluding carboxylic acids is 1. The first-order valence-corrected chi connectivity index (χ1v) is 8.58. The number of hydrogen-bond acceptors (Lipinski definition) is 5. The number of benzene rings is 2. The largest absolute Gasteiger partial charge is 0.495 e. The van der Waals surface area contributed by atoms with Gasteiger partial charge in [0, 0.05) is 0 Å². The minimum absolute atomic E-state index is 0.187. The second-order valence-corrected chi connectivity index (χ2v) is 6.33. The summed E-state index contributed by atoms with van der Waals surface area (Å²) in [6.45, 7) is 5.89. The Morgan fingerprint density at radius 1 is 1.07 bits per heavy atom. The van der Waals surface area contributed by atoms with Crippen molar-refractivity contribution in [2.75, 3.05) is 12.4 Å². The second kappa shape index (κ2) is 7.95. The maximum absolute atomic E-state index is 12.7. The van der Waals surface area contributed by atoms with Crippen LogP contribution in [0.25, 0.3) is 0 Å². The van der Waals surface area contributed by atoms with E-state index in [0.717, 1.165) is 11.1 Å². The molecule has 27 heavy (non-hydrogen) atoms. The number of anilines is 1. The molecular formula is C21H22N2O4. The van der Waals surface area contributed by atoms with Gasteiger partial charge in [-0.25, -0.2) is 0 Å². The maximum Gasteiger partial charge on any atom is 0.278 e. The van der Waals surface area contributed by atoms with Gasteiger partial charge in [-0.3, -0.25) is 4.79 Å². The number of aryl methyl sites for hydroxylation is 3. The molecule has 0 atom stereocenters. The molecule has 0 saturated heterocycles. The van der Waals surface area contributed by atoms with E-state index in [1.165, 1.54) is 0 Å². The Bertz CT molecular complexity index is 945. The Morgan fingerprint density at radius 3 is 2.48 bits per heavy atom. The number of rotatable bonds is 6. The summed E-state index contributed by atoms with van der Waals surface area (Å²) in [6.07, 6.45) is 0. The molecule has 140 valence electrons. The summed E-state index contributed by atoms with van der Waals surface area (Å²) in [5, 5.41) is 6.74. The van der Waals surface area contributed by atoms with E-state index in [1.54, 1.807) is 20.1 Å². The number of hydrogen-bond donors (Lipinski definition) is 1.